The molecule has 0 bridgehead atoms. The number of halogens is 2. The van der Waals surface area contributed by atoms with Crippen LogP contribution in [0.1, 0.15) is 17.0 Å². The van der Waals surface area contributed by atoms with Gasteiger partial charge in [0.25, 0.3) is 0 Å². The zero-order chi connectivity index (χ0) is 15.7. The summed E-state index contributed by atoms with van der Waals surface area (Å²) in [5, 5.41) is 7.24. The van der Waals surface area contributed by atoms with Gasteiger partial charge in [-0.1, -0.05) is 0 Å². The summed E-state index contributed by atoms with van der Waals surface area (Å²) >= 11 is 0. The Morgan fingerprint density at radius 2 is 1.68 bits per heavy atom. The highest BCUT2D eigenvalue weighted by Crippen LogP contribution is 2.23. The monoisotopic (exact) mass is 306 g/mol. The molecule has 3 rings (SSSR count). The maximum absolute atomic E-state index is 13.2. The molecule has 118 valence electrons. The van der Waals surface area contributed by atoms with Gasteiger partial charge in [0.15, 0.2) is 0 Å². The zero-order valence-electron chi connectivity index (χ0n) is 12.9. The first-order valence-corrected chi connectivity index (χ1v) is 7.47. The van der Waals surface area contributed by atoms with Crippen molar-refractivity contribution in [1.29, 1.82) is 0 Å². The molecule has 1 fully saturated rings. The van der Waals surface area contributed by atoms with Crippen LogP contribution in [0.5, 0.6) is 0 Å². The molecule has 1 aliphatic heterocycles. The van der Waals surface area contributed by atoms with Crippen LogP contribution in [0.3, 0.4) is 0 Å². The van der Waals surface area contributed by atoms with Gasteiger partial charge in [-0.3, -0.25) is 10.00 Å². The summed E-state index contributed by atoms with van der Waals surface area (Å²) in [4.78, 5) is 4.53. The number of aryl methyl sites for hydroxylation is 2. The van der Waals surface area contributed by atoms with E-state index in [0.29, 0.717) is 12.1 Å². The summed E-state index contributed by atoms with van der Waals surface area (Å²) in [7, 11) is 0. The number of aromatic amines is 1. The van der Waals surface area contributed by atoms with Crippen molar-refractivity contribution >= 4 is 5.69 Å². The van der Waals surface area contributed by atoms with Gasteiger partial charge in [0.1, 0.15) is 11.6 Å². The van der Waals surface area contributed by atoms with E-state index in [1.54, 1.807) is 0 Å². The molecule has 0 radical (unpaired) electrons. The number of benzene rings is 1. The molecule has 0 atom stereocenters. The van der Waals surface area contributed by atoms with Crippen LogP contribution in [0.4, 0.5) is 14.5 Å². The summed E-state index contributed by atoms with van der Waals surface area (Å²) in [6.07, 6.45) is 0. The standard InChI is InChI=1S/C16H20F2N4/c1-11-16(12(2)20-19-11)22-5-3-21(4-6-22)10-13-7-14(17)9-15(18)8-13/h7-9H,3-6,10H2,1-2H3,(H,19,20). The molecule has 0 aliphatic carbocycles. The van der Waals surface area contributed by atoms with Crippen LogP contribution in [0, 0.1) is 25.5 Å². The van der Waals surface area contributed by atoms with Gasteiger partial charge in [-0.2, -0.15) is 5.10 Å². The van der Waals surface area contributed by atoms with E-state index in [4.69, 9.17) is 0 Å². The number of hydrogen-bond donors (Lipinski definition) is 1. The molecule has 0 spiro atoms. The highest BCUT2D eigenvalue weighted by Gasteiger charge is 2.21. The Morgan fingerprint density at radius 1 is 1.05 bits per heavy atom. The van der Waals surface area contributed by atoms with Gasteiger partial charge in [0.2, 0.25) is 0 Å². The molecular weight excluding hydrogens is 286 g/mol. The summed E-state index contributed by atoms with van der Waals surface area (Å²) in [5.41, 5.74) is 3.95. The highest BCUT2D eigenvalue weighted by molar-refractivity contribution is 5.54. The predicted octanol–water partition coefficient (Wildman–Crippen LogP) is 2.63. The Morgan fingerprint density at radius 3 is 2.23 bits per heavy atom. The third-order valence-electron chi connectivity index (χ3n) is 4.11. The number of aromatic nitrogens is 2. The average Bonchev–Trinajstić information content (AvgIpc) is 2.78. The van der Waals surface area contributed by atoms with E-state index in [2.05, 4.69) is 20.0 Å². The van der Waals surface area contributed by atoms with Gasteiger partial charge >= 0.3 is 0 Å². The van der Waals surface area contributed by atoms with Gasteiger partial charge in [-0.05, 0) is 31.5 Å². The Labute approximate surface area is 128 Å². The molecule has 1 aromatic carbocycles. The lowest BCUT2D eigenvalue weighted by Crippen LogP contribution is -2.46. The third kappa shape index (κ3) is 3.11. The average molecular weight is 306 g/mol. The maximum Gasteiger partial charge on any atom is 0.126 e. The van der Waals surface area contributed by atoms with Crippen molar-refractivity contribution in [3.8, 4) is 0 Å². The van der Waals surface area contributed by atoms with E-state index in [9.17, 15) is 8.78 Å². The fourth-order valence-corrected chi connectivity index (χ4v) is 3.10. The number of hydrogen-bond acceptors (Lipinski definition) is 3. The van der Waals surface area contributed by atoms with E-state index < -0.39 is 11.6 Å². The lowest BCUT2D eigenvalue weighted by Gasteiger charge is -2.36. The van der Waals surface area contributed by atoms with Crippen molar-refractivity contribution in [3.63, 3.8) is 0 Å². The number of H-pyrrole nitrogens is 1. The number of nitrogens with zero attached hydrogens (tertiary/aromatic N) is 3. The molecule has 0 unspecified atom stereocenters. The molecule has 0 amide bonds. The van der Waals surface area contributed by atoms with Crippen LogP contribution < -0.4 is 4.90 Å². The summed E-state index contributed by atoms with van der Waals surface area (Å²) in [6, 6.07) is 3.71. The lowest BCUT2D eigenvalue weighted by atomic mass is 10.1. The molecule has 0 saturated carbocycles. The van der Waals surface area contributed by atoms with Crippen LogP contribution in [-0.2, 0) is 6.54 Å². The van der Waals surface area contributed by atoms with Crippen LogP contribution in [0.15, 0.2) is 18.2 Å². The minimum absolute atomic E-state index is 0.515. The molecule has 1 aliphatic rings. The minimum atomic E-state index is -0.515. The van der Waals surface area contributed by atoms with Crippen molar-refractivity contribution in [3.05, 3.63) is 46.8 Å². The second-order valence-corrected chi connectivity index (χ2v) is 5.82. The van der Waals surface area contributed by atoms with E-state index in [0.717, 1.165) is 43.6 Å². The largest absolute Gasteiger partial charge is 0.366 e. The van der Waals surface area contributed by atoms with Gasteiger partial charge < -0.3 is 4.90 Å². The van der Waals surface area contributed by atoms with Gasteiger partial charge in [0, 0.05) is 38.8 Å². The van der Waals surface area contributed by atoms with E-state index in [-0.39, 0.29) is 0 Å². The molecular formula is C16H20F2N4. The molecule has 22 heavy (non-hydrogen) atoms. The third-order valence-corrected chi connectivity index (χ3v) is 4.11. The van der Waals surface area contributed by atoms with E-state index in [1.165, 1.54) is 17.8 Å². The first kappa shape index (κ1) is 15.0. The normalized spacial score (nSPS) is 16.3. The smallest absolute Gasteiger partial charge is 0.126 e. The van der Waals surface area contributed by atoms with Crippen LogP contribution in [0.25, 0.3) is 0 Å². The molecule has 4 nitrogen and oxygen atoms in total. The second kappa shape index (κ2) is 6.04. The van der Waals surface area contributed by atoms with Crippen molar-refractivity contribution < 1.29 is 8.78 Å². The molecule has 2 heterocycles. The molecule has 1 aromatic heterocycles. The Bertz CT molecular complexity index is 620. The first-order chi connectivity index (χ1) is 10.5. The Balaban J connectivity index is 1.62. The van der Waals surface area contributed by atoms with Crippen LogP contribution in [0.2, 0.25) is 0 Å². The number of piperazine rings is 1. The van der Waals surface area contributed by atoms with Crippen molar-refractivity contribution in [1.82, 2.24) is 15.1 Å². The minimum Gasteiger partial charge on any atom is -0.366 e. The first-order valence-electron chi connectivity index (χ1n) is 7.47. The summed E-state index contributed by atoms with van der Waals surface area (Å²) in [6.45, 7) is 8.10. The number of nitrogens with one attached hydrogen (secondary N) is 1. The fraction of sp³-hybridized carbons (Fsp3) is 0.438. The van der Waals surface area contributed by atoms with Gasteiger partial charge in [0.05, 0.1) is 17.1 Å². The molecule has 2 aromatic rings. The second-order valence-electron chi connectivity index (χ2n) is 5.82. The van der Waals surface area contributed by atoms with E-state index in [1.807, 2.05) is 13.8 Å². The van der Waals surface area contributed by atoms with E-state index >= 15 is 0 Å². The fourth-order valence-electron chi connectivity index (χ4n) is 3.10. The Kier molecular flexibility index (Phi) is 4.11. The van der Waals surface area contributed by atoms with Crippen molar-refractivity contribution in [2.45, 2.75) is 20.4 Å². The topological polar surface area (TPSA) is 35.2 Å². The predicted molar refractivity (Wildman–Crippen MR) is 81.9 cm³/mol. The number of anilines is 1. The molecule has 1 saturated heterocycles. The highest BCUT2D eigenvalue weighted by atomic mass is 19.1. The zero-order valence-corrected chi connectivity index (χ0v) is 12.9. The number of rotatable bonds is 3. The van der Waals surface area contributed by atoms with Gasteiger partial charge in [-0.15, -0.1) is 0 Å². The molecule has 6 heteroatoms. The van der Waals surface area contributed by atoms with Gasteiger partial charge in [-0.25, -0.2) is 8.78 Å². The SMILES string of the molecule is Cc1n[nH]c(C)c1N1CCN(Cc2cc(F)cc(F)c2)CC1. The summed E-state index contributed by atoms with van der Waals surface area (Å²) < 4.78 is 26.5. The maximum atomic E-state index is 13.2. The lowest BCUT2D eigenvalue weighted by molar-refractivity contribution is 0.249. The van der Waals surface area contributed by atoms with Crippen LogP contribution >= 0.6 is 0 Å². The quantitative estimate of drug-likeness (QED) is 0.947. The van der Waals surface area contributed by atoms with Crippen molar-refractivity contribution in [2.24, 2.45) is 0 Å². The van der Waals surface area contributed by atoms with Crippen LogP contribution in [-0.4, -0.2) is 41.3 Å². The summed E-state index contributed by atoms with van der Waals surface area (Å²) in [5.74, 6) is -1.03. The molecule has 1 N–H and O–H groups in total. The van der Waals surface area contributed by atoms with Crippen molar-refractivity contribution in [2.75, 3.05) is 31.1 Å². The Hall–Kier alpha value is -1.95.